The predicted octanol–water partition coefficient (Wildman–Crippen LogP) is 33.6. The molecule has 0 spiro atoms. The first kappa shape index (κ1) is 74.9. The Morgan fingerprint density at radius 3 is 0.680 bits per heavy atom. The quantitative estimate of drug-likeness (QED) is 0.122. The molecule has 0 radical (unpaired) electrons. The fraction of sp³-hybridized carbons (Fsp3) is 0.100. The van der Waals surface area contributed by atoms with E-state index in [2.05, 4.69) is 460 Å². The average Bonchev–Trinajstić information content (AvgIpc) is 1.52. The van der Waals surface area contributed by atoms with Crippen molar-refractivity contribution in [1.82, 2.24) is 17.6 Å². The van der Waals surface area contributed by atoms with Crippen LogP contribution in [0.3, 0.4) is 0 Å². The van der Waals surface area contributed by atoms with Gasteiger partial charge in [-0.1, -0.05) is 205 Å². The second-order valence-corrected chi connectivity index (χ2v) is 36.5. The molecule has 26 rings (SSSR count). The Kier molecular flexibility index (Phi) is 16.4. The van der Waals surface area contributed by atoms with Crippen molar-refractivity contribution in [2.45, 2.75) is 83.1 Å². The molecule has 612 valence electrons. The van der Waals surface area contributed by atoms with Crippen molar-refractivity contribution in [3.8, 4) is 0 Å². The fourth-order valence-electron chi connectivity index (χ4n) is 22.5. The van der Waals surface area contributed by atoms with Gasteiger partial charge in [-0.2, -0.15) is 0 Å². The number of hydrogen-bond acceptors (Lipinski definition) is 4. The van der Waals surface area contributed by atoms with Crippen LogP contribution in [0.4, 0.5) is 68.2 Å². The van der Waals surface area contributed by atoms with E-state index in [4.69, 9.17) is 0 Å². The van der Waals surface area contributed by atoms with Crippen molar-refractivity contribution in [2.75, 3.05) is 19.6 Å². The molecule has 18 aromatic carbocycles. The highest BCUT2D eigenvalue weighted by molar-refractivity contribution is 6.34. The van der Waals surface area contributed by atoms with Crippen LogP contribution in [0.25, 0.3) is 152 Å². The molecule has 0 saturated carbocycles. The fourth-order valence-corrected chi connectivity index (χ4v) is 22.5. The first-order valence-electron chi connectivity index (χ1n) is 44.9. The molecule has 0 saturated heterocycles. The predicted molar refractivity (Wildman–Crippen MR) is 547 cm³/mol. The lowest BCUT2D eigenvalue weighted by Gasteiger charge is -2.28. The van der Waals surface area contributed by atoms with Gasteiger partial charge in [0.2, 0.25) is 0 Å². The normalized spacial score (nSPS) is 12.2. The molecule has 0 N–H and O–H groups in total. The van der Waals surface area contributed by atoms with Crippen molar-refractivity contribution in [3.63, 3.8) is 0 Å². The second-order valence-electron chi connectivity index (χ2n) is 36.5. The Balaban J connectivity index is 0.000000139. The number of fused-ring (bicyclic) bond motifs is 24. The maximum Gasteiger partial charge on any atom is 0.0621 e. The summed E-state index contributed by atoms with van der Waals surface area (Å²) < 4.78 is 10.2. The number of benzene rings is 18. The molecule has 0 aliphatic rings. The number of hydrogen-bond donors (Lipinski definition) is 0. The third-order valence-electron chi connectivity index (χ3n) is 27.9. The molecule has 8 heterocycles. The summed E-state index contributed by atoms with van der Waals surface area (Å²) in [5.74, 6) is 0. The largest absolute Gasteiger partial charge is 0.310 e. The van der Waals surface area contributed by atoms with Gasteiger partial charge < -0.3 is 37.2 Å². The molecule has 0 bridgehead atoms. The second kappa shape index (κ2) is 27.9. The monoisotopic (exact) mass is 1640 g/mol. The zero-order valence-electron chi connectivity index (χ0n) is 73.9. The van der Waals surface area contributed by atoms with Crippen molar-refractivity contribution in [2.24, 2.45) is 0 Å². The maximum atomic E-state index is 2.55. The summed E-state index contributed by atoms with van der Waals surface area (Å²) in [6, 6.07) is 128. The minimum atomic E-state index is 1.15. The van der Waals surface area contributed by atoms with Crippen LogP contribution in [0.5, 0.6) is 0 Å². The SMILES string of the molecule is Cc1cc(C)cc(N(c2ccccc2C)c2cccc3c2c2cccc4c5cc6c(cc5n3c42)c2cccc3c4c(N(c5cc(C)cc(C)c5)c5ccccc5C)cccc4n6c23)c1.Cc1ccc(N(c2cc(C)ccc2C)c2cccc3c2c2cccc4c5cc6c(cc5n3c42)c2cccc3c4c(N(c5ccc(C)cc5)c5cc(C)ccc5C)cccc4n6c23)cc1. The first-order valence-corrected chi connectivity index (χ1v) is 44.9. The summed E-state index contributed by atoms with van der Waals surface area (Å²) >= 11 is 0. The third kappa shape index (κ3) is 10.9. The summed E-state index contributed by atoms with van der Waals surface area (Å²) in [7, 11) is 0. The summed E-state index contributed by atoms with van der Waals surface area (Å²) in [6.45, 7) is 26.4. The summed E-state index contributed by atoms with van der Waals surface area (Å²) in [5.41, 5.74) is 44.0. The van der Waals surface area contributed by atoms with Crippen molar-refractivity contribution < 1.29 is 0 Å². The molecular weight excluding hydrogens is 1550 g/mol. The van der Waals surface area contributed by atoms with Crippen LogP contribution in [0.1, 0.15) is 66.8 Å². The van der Waals surface area contributed by atoms with E-state index in [0.717, 1.165) is 11.4 Å². The highest BCUT2D eigenvalue weighted by Crippen LogP contribution is 2.55. The van der Waals surface area contributed by atoms with Gasteiger partial charge >= 0.3 is 0 Å². The van der Waals surface area contributed by atoms with Crippen molar-refractivity contribution in [3.05, 3.63) is 406 Å². The van der Waals surface area contributed by atoms with Gasteiger partial charge in [0.05, 0.1) is 88.9 Å². The van der Waals surface area contributed by atoms with E-state index in [9.17, 15) is 0 Å². The number of aromatic nitrogens is 4. The molecule has 0 unspecified atom stereocenters. The van der Waals surface area contributed by atoms with Crippen LogP contribution in [0.15, 0.2) is 340 Å². The molecule has 0 atom stereocenters. The Hall–Kier alpha value is -15.6. The zero-order chi connectivity index (χ0) is 86.2. The van der Waals surface area contributed by atoms with E-state index < -0.39 is 0 Å². The molecule has 0 aliphatic heterocycles. The summed E-state index contributed by atoms with van der Waals surface area (Å²) in [4.78, 5) is 9.90. The first-order chi connectivity index (χ1) is 62.5. The van der Waals surface area contributed by atoms with Gasteiger partial charge in [0.1, 0.15) is 0 Å². The van der Waals surface area contributed by atoms with Gasteiger partial charge in [-0.15, -0.1) is 0 Å². The standard InChI is InChI=1S/2C60H46N4/c1-35-21-27-41(28-22-35)61(53-31-37(3)19-25-39(53)5)49-15-9-17-51-57(49)45-13-7-11-43-47-34-56-48(33-55(47)63(51)59(43)45)44-12-8-14-46-58-50(16-10-18-52(58)64(56)60(44)46)62(42-29-23-36(2)24-30-42)54-32-38(4)20-26-40(54)6;1-35-27-36(2)30-41(29-35)61(49-21-9-7-15-39(49)5)51-23-13-25-53-57(51)45-19-11-17-43-47-34-56-48(33-55(47)63(53)59(43)45)44-18-12-20-46-58-52(24-14-26-54(58)64(56)60(44)46)62(50-22-10-8-16-40(50)6)42-31-37(3)28-38(4)32-42/h2*7-34H,1-6H3. The van der Waals surface area contributed by atoms with Gasteiger partial charge in [-0.05, 0) is 284 Å². The minimum absolute atomic E-state index is 1.15. The van der Waals surface area contributed by atoms with Crippen LogP contribution in [-0.4, -0.2) is 17.6 Å². The maximum absolute atomic E-state index is 2.55. The molecule has 0 aliphatic carbocycles. The van der Waals surface area contributed by atoms with Crippen LogP contribution in [0.2, 0.25) is 0 Å². The molecule has 8 nitrogen and oxygen atoms in total. The summed E-state index contributed by atoms with van der Waals surface area (Å²) in [6.07, 6.45) is 0. The van der Waals surface area contributed by atoms with Crippen molar-refractivity contribution in [1.29, 1.82) is 0 Å². The number of para-hydroxylation sites is 6. The molecule has 8 aromatic heterocycles. The third-order valence-corrected chi connectivity index (χ3v) is 27.9. The van der Waals surface area contributed by atoms with Crippen LogP contribution in [-0.2, 0) is 0 Å². The highest BCUT2D eigenvalue weighted by atomic mass is 15.2. The van der Waals surface area contributed by atoms with Gasteiger partial charge in [-0.25, -0.2) is 0 Å². The van der Waals surface area contributed by atoms with E-state index in [1.807, 2.05) is 0 Å². The highest BCUT2D eigenvalue weighted by Gasteiger charge is 2.32. The van der Waals surface area contributed by atoms with E-state index in [1.54, 1.807) is 0 Å². The van der Waals surface area contributed by atoms with Crippen LogP contribution >= 0.6 is 0 Å². The van der Waals surface area contributed by atoms with Crippen LogP contribution in [0, 0.1) is 83.1 Å². The number of rotatable bonds is 12. The Morgan fingerprint density at radius 2 is 0.391 bits per heavy atom. The molecule has 8 heteroatoms. The van der Waals surface area contributed by atoms with Gasteiger partial charge in [0.25, 0.3) is 0 Å². The average molecular weight is 1650 g/mol. The Morgan fingerprint density at radius 1 is 0.148 bits per heavy atom. The molecule has 0 fully saturated rings. The van der Waals surface area contributed by atoms with Crippen molar-refractivity contribution >= 4 is 221 Å². The van der Waals surface area contributed by atoms with Crippen LogP contribution < -0.4 is 19.6 Å². The number of anilines is 12. The van der Waals surface area contributed by atoms with Gasteiger partial charge in [0.15, 0.2) is 0 Å². The lowest BCUT2D eigenvalue weighted by molar-refractivity contribution is 1.24. The summed E-state index contributed by atoms with van der Waals surface area (Å²) in [5, 5.41) is 20.3. The van der Waals surface area contributed by atoms with E-state index in [1.165, 1.54) is 276 Å². The molecule has 128 heavy (non-hydrogen) atoms. The van der Waals surface area contributed by atoms with E-state index >= 15 is 0 Å². The molecular formula is C120H92N8. The van der Waals surface area contributed by atoms with Gasteiger partial charge in [0, 0.05) is 132 Å². The molecule has 26 aromatic rings. The van der Waals surface area contributed by atoms with E-state index in [-0.39, 0.29) is 0 Å². The van der Waals surface area contributed by atoms with E-state index in [0.29, 0.717) is 0 Å². The smallest absolute Gasteiger partial charge is 0.0621 e. The lowest BCUT2D eigenvalue weighted by Crippen LogP contribution is -2.12. The van der Waals surface area contributed by atoms with Gasteiger partial charge in [-0.3, -0.25) is 0 Å². The number of aryl methyl sites for hydroxylation is 12. The Labute approximate surface area is 742 Å². The lowest BCUT2D eigenvalue weighted by atomic mass is 10.0. The minimum Gasteiger partial charge on any atom is -0.310 e. The number of nitrogens with zero attached hydrogens (tertiary/aromatic N) is 8. The molecule has 0 amide bonds. The Bertz CT molecular complexity index is 8550. The topological polar surface area (TPSA) is 30.6 Å². The zero-order valence-corrected chi connectivity index (χ0v) is 73.9.